The van der Waals surface area contributed by atoms with Crippen molar-refractivity contribution < 1.29 is 14.3 Å². The fourth-order valence-corrected chi connectivity index (χ4v) is 2.32. The number of benzene rings is 1. The lowest BCUT2D eigenvalue weighted by Crippen LogP contribution is -2.23. The number of carbonyl (C=O) groups excluding carboxylic acids is 2. The lowest BCUT2D eigenvalue weighted by atomic mass is 10.2. The molecule has 0 fully saturated rings. The first-order valence-corrected chi connectivity index (χ1v) is 7.45. The van der Waals surface area contributed by atoms with Gasteiger partial charge in [0.15, 0.2) is 11.0 Å². The van der Waals surface area contributed by atoms with Gasteiger partial charge in [0, 0.05) is 5.56 Å². The molecular weight excluding hydrogens is 320 g/mol. The number of methoxy groups -OCH3 is 1. The summed E-state index contributed by atoms with van der Waals surface area (Å²) in [4.78, 5) is 41.5. The number of nitrogens with two attached hydrogens (primary N) is 1. The number of nitrogens with zero attached hydrogens (tertiary/aromatic N) is 1. The van der Waals surface area contributed by atoms with Crippen LogP contribution in [0.4, 0.5) is 11.5 Å². The van der Waals surface area contributed by atoms with Gasteiger partial charge in [0.05, 0.1) is 12.9 Å². The molecule has 0 aliphatic rings. The normalized spacial score (nSPS) is 10.1. The van der Waals surface area contributed by atoms with Crippen LogP contribution in [-0.2, 0) is 9.53 Å². The molecule has 4 N–H and O–H groups in total. The molecule has 0 saturated carbocycles. The second kappa shape index (κ2) is 7.45. The predicted molar refractivity (Wildman–Crippen MR) is 86.4 cm³/mol. The summed E-state index contributed by atoms with van der Waals surface area (Å²) < 4.78 is 4.49. The zero-order valence-electron chi connectivity index (χ0n) is 12.2. The number of amides is 1. The highest BCUT2D eigenvalue weighted by molar-refractivity contribution is 7.99. The molecule has 1 heterocycles. The van der Waals surface area contributed by atoms with Crippen molar-refractivity contribution in [2.24, 2.45) is 0 Å². The van der Waals surface area contributed by atoms with E-state index in [0.717, 1.165) is 11.8 Å². The summed E-state index contributed by atoms with van der Waals surface area (Å²) in [5, 5.41) is 2.59. The van der Waals surface area contributed by atoms with Crippen LogP contribution in [0, 0.1) is 0 Å². The number of carbonyl (C=O) groups is 2. The zero-order chi connectivity index (χ0) is 16.8. The number of ether oxygens (including phenoxy) is 1. The van der Waals surface area contributed by atoms with E-state index in [-0.39, 0.29) is 22.4 Å². The van der Waals surface area contributed by atoms with E-state index in [1.54, 1.807) is 30.3 Å². The minimum atomic E-state index is -0.603. The van der Waals surface area contributed by atoms with E-state index in [0.29, 0.717) is 5.56 Å². The standard InChI is InChI=1S/C14H14N4O4S/c1-22-9(19)7-23-14-17-11(15)10(13(21)18-14)16-12(20)8-5-3-2-4-6-8/h2-6H,7H2,1H3,(H,16,20)(H3,15,17,18,21). The van der Waals surface area contributed by atoms with Crippen molar-refractivity contribution >= 4 is 35.1 Å². The Morgan fingerprint density at radius 2 is 2.04 bits per heavy atom. The Balaban J connectivity index is 2.16. The van der Waals surface area contributed by atoms with Crippen molar-refractivity contribution in [3.05, 3.63) is 46.2 Å². The molecule has 1 aromatic carbocycles. The van der Waals surface area contributed by atoms with Crippen LogP contribution in [0.3, 0.4) is 0 Å². The Bertz CT molecular complexity index is 776. The maximum atomic E-state index is 12.0. The maximum Gasteiger partial charge on any atom is 0.316 e. The van der Waals surface area contributed by atoms with Gasteiger partial charge in [0.1, 0.15) is 5.69 Å². The van der Waals surface area contributed by atoms with Crippen LogP contribution in [0.25, 0.3) is 0 Å². The van der Waals surface area contributed by atoms with Crippen LogP contribution in [0.5, 0.6) is 0 Å². The van der Waals surface area contributed by atoms with Gasteiger partial charge in [-0.2, -0.15) is 0 Å². The summed E-state index contributed by atoms with van der Waals surface area (Å²) in [7, 11) is 1.26. The molecule has 2 rings (SSSR count). The third kappa shape index (κ3) is 4.33. The first kappa shape index (κ1) is 16.6. The SMILES string of the molecule is COC(=O)CSc1nc(N)c(NC(=O)c2ccccc2)c(=O)[nH]1. The number of nitrogens with one attached hydrogen (secondary N) is 2. The summed E-state index contributed by atoms with van der Waals surface area (Å²) >= 11 is 0.971. The first-order valence-electron chi connectivity index (χ1n) is 6.47. The third-order valence-electron chi connectivity index (χ3n) is 2.75. The zero-order valence-corrected chi connectivity index (χ0v) is 13.0. The molecule has 2 aromatic rings. The number of thioether (sulfide) groups is 1. The quantitative estimate of drug-likeness (QED) is 0.420. The number of nitrogen functional groups attached to an aromatic ring is 1. The lowest BCUT2D eigenvalue weighted by Gasteiger charge is -2.08. The number of aromatic amines is 1. The fourth-order valence-electron chi connectivity index (χ4n) is 1.62. The first-order chi connectivity index (χ1) is 11.0. The van der Waals surface area contributed by atoms with Crippen LogP contribution in [0.15, 0.2) is 40.3 Å². The molecule has 9 heteroatoms. The Kier molecular flexibility index (Phi) is 5.36. The highest BCUT2D eigenvalue weighted by atomic mass is 32.2. The Hall–Kier alpha value is -2.81. The predicted octanol–water partition coefficient (Wildman–Crippen LogP) is 0.869. The van der Waals surface area contributed by atoms with Gasteiger partial charge >= 0.3 is 5.97 Å². The molecule has 0 atom stereocenters. The van der Waals surface area contributed by atoms with Gasteiger partial charge in [0.2, 0.25) is 0 Å². The molecule has 0 radical (unpaired) electrons. The summed E-state index contributed by atoms with van der Waals surface area (Å²) in [6.07, 6.45) is 0. The number of aromatic nitrogens is 2. The van der Waals surface area contributed by atoms with Gasteiger partial charge in [-0.25, -0.2) is 4.98 Å². The molecule has 0 unspecified atom stereocenters. The van der Waals surface area contributed by atoms with E-state index in [2.05, 4.69) is 20.0 Å². The Morgan fingerprint density at radius 3 is 2.65 bits per heavy atom. The molecule has 120 valence electrons. The van der Waals surface area contributed by atoms with Crippen LogP contribution >= 0.6 is 11.8 Å². The highest BCUT2D eigenvalue weighted by Gasteiger charge is 2.14. The van der Waals surface area contributed by atoms with E-state index < -0.39 is 17.4 Å². The lowest BCUT2D eigenvalue weighted by molar-refractivity contribution is -0.137. The molecule has 1 aromatic heterocycles. The van der Waals surface area contributed by atoms with Gasteiger partial charge in [-0.1, -0.05) is 30.0 Å². The second-order valence-corrected chi connectivity index (χ2v) is 5.28. The maximum absolute atomic E-state index is 12.0. The minimum absolute atomic E-state index is 0.0192. The number of H-pyrrole nitrogens is 1. The van der Waals surface area contributed by atoms with Gasteiger partial charge < -0.3 is 15.8 Å². The molecule has 1 amide bonds. The number of esters is 1. The van der Waals surface area contributed by atoms with E-state index in [4.69, 9.17) is 5.73 Å². The van der Waals surface area contributed by atoms with Crippen molar-refractivity contribution in [2.75, 3.05) is 23.9 Å². The van der Waals surface area contributed by atoms with Crippen LogP contribution in [-0.4, -0.2) is 34.7 Å². The van der Waals surface area contributed by atoms with E-state index in [1.807, 2.05) is 0 Å². The van der Waals surface area contributed by atoms with Gasteiger partial charge in [-0.05, 0) is 12.1 Å². The molecule has 8 nitrogen and oxygen atoms in total. The van der Waals surface area contributed by atoms with Gasteiger partial charge in [-0.3, -0.25) is 19.4 Å². The number of hydrogen-bond donors (Lipinski definition) is 3. The van der Waals surface area contributed by atoms with E-state index in [1.165, 1.54) is 7.11 Å². The van der Waals surface area contributed by atoms with Crippen molar-refractivity contribution in [2.45, 2.75) is 5.16 Å². The number of anilines is 2. The monoisotopic (exact) mass is 334 g/mol. The van der Waals surface area contributed by atoms with Crippen molar-refractivity contribution in [3.63, 3.8) is 0 Å². The summed E-state index contributed by atoms with van der Waals surface area (Å²) in [6.45, 7) is 0. The van der Waals surface area contributed by atoms with Crippen molar-refractivity contribution in [3.8, 4) is 0 Å². The van der Waals surface area contributed by atoms with E-state index in [9.17, 15) is 14.4 Å². The molecule has 0 aliphatic heterocycles. The van der Waals surface area contributed by atoms with Gasteiger partial charge in [-0.15, -0.1) is 0 Å². The van der Waals surface area contributed by atoms with Crippen LogP contribution in [0.2, 0.25) is 0 Å². The van der Waals surface area contributed by atoms with Crippen LogP contribution in [0.1, 0.15) is 10.4 Å². The minimum Gasteiger partial charge on any atom is -0.468 e. The molecule has 0 spiro atoms. The molecular formula is C14H14N4O4S. The average Bonchev–Trinajstić information content (AvgIpc) is 2.56. The van der Waals surface area contributed by atoms with Crippen LogP contribution < -0.4 is 16.6 Å². The summed E-state index contributed by atoms with van der Waals surface area (Å²) in [5.41, 5.74) is 5.36. The molecule has 23 heavy (non-hydrogen) atoms. The topological polar surface area (TPSA) is 127 Å². The number of hydrogen-bond acceptors (Lipinski definition) is 7. The fraction of sp³-hybridized carbons (Fsp3) is 0.143. The Labute approximate surface area is 135 Å². The van der Waals surface area contributed by atoms with Gasteiger partial charge in [0.25, 0.3) is 11.5 Å². The molecule has 0 bridgehead atoms. The van der Waals surface area contributed by atoms with Crippen molar-refractivity contribution in [1.29, 1.82) is 0 Å². The third-order valence-corrected chi connectivity index (χ3v) is 3.60. The average molecular weight is 334 g/mol. The largest absolute Gasteiger partial charge is 0.468 e. The van der Waals surface area contributed by atoms with Crippen molar-refractivity contribution in [1.82, 2.24) is 9.97 Å². The molecule has 0 aliphatic carbocycles. The smallest absolute Gasteiger partial charge is 0.316 e. The Morgan fingerprint density at radius 1 is 1.35 bits per heavy atom. The molecule has 0 saturated heterocycles. The number of rotatable bonds is 5. The second-order valence-electron chi connectivity index (χ2n) is 4.32. The summed E-state index contributed by atoms with van der Waals surface area (Å²) in [5.74, 6) is -1.09. The van der Waals surface area contributed by atoms with E-state index >= 15 is 0 Å². The highest BCUT2D eigenvalue weighted by Crippen LogP contribution is 2.17. The summed E-state index contributed by atoms with van der Waals surface area (Å²) in [6, 6.07) is 8.38.